The molecule has 106 valence electrons. The number of ether oxygens (including phenoxy) is 1. The van der Waals surface area contributed by atoms with E-state index in [1.54, 1.807) is 7.11 Å². The summed E-state index contributed by atoms with van der Waals surface area (Å²) in [7, 11) is 1.75. The molecule has 0 fully saturated rings. The number of methoxy groups -OCH3 is 1. The molecule has 0 radical (unpaired) electrons. The fourth-order valence-corrected chi connectivity index (χ4v) is 2.56. The first-order chi connectivity index (χ1) is 9.72. The van der Waals surface area contributed by atoms with Crippen molar-refractivity contribution in [1.29, 1.82) is 0 Å². The number of hydrogen-bond donors (Lipinski definition) is 1. The molecule has 0 aromatic heterocycles. The first-order valence-electron chi connectivity index (χ1n) is 7.08. The molecule has 0 saturated carbocycles. The van der Waals surface area contributed by atoms with Gasteiger partial charge in [0.05, 0.1) is 12.6 Å². The Morgan fingerprint density at radius 3 is 2.30 bits per heavy atom. The summed E-state index contributed by atoms with van der Waals surface area (Å²) in [6, 6.07) is 19.5. The van der Waals surface area contributed by atoms with E-state index in [0.29, 0.717) is 6.61 Å². The fraction of sp³-hybridized carbons (Fsp3) is 0.333. The number of hydrogen-bond acceptors (Lipinski definition) is 2. The minimum absolute atomic E-state index is 0.204. The van der Waals surface area contributed by atoms with Gasteiger partial charge in [0.2, 0.25) is 0 Å². The van der Waals surface area contributed by atoms with Gasteiger partial charge in [-0.3, -0.25) is 0 Å². The standard InChI is InChI=1S/C18H23NO/c1-14-9-7-8-12-17(14)15(2)19-18(13-20-3)16-10-5-4-6-11-16/h4-12,15,18-19H,13H2,1-3H3/t15-,18?/m0/s1. The summed E-state index contributed by atoms with van der Waals surface area (Å²) in [5.41, 5.74) is 3.91. The summed E-state index contributed by atoms with van der Waals surface area (Å²) >= 11 is 0. The lowest BCUT2D eigenvalue weighted by atomic mass is 10.00. The number of aryl methyl sites for hydroxylation is 1. The minimum atomic E-state index is 0.204. The third-order valence-corrected chi connectivity index (χ3v) is 3.64. The molecular formula is C18H23NO. The van der Waals surface area contributed by atoms with E-state index in [1.165, 1.54) is 16.7 Å². The van der Waals surface area contributed by atoms with Crippen LogP contribution in [0.3, 0.4) is 0 Å². The van der Waals surface area contributed by atoms with Crippen LogP contribution in [0.15, 0.2) is 54.6 Å². The van der Waals surface area contributed by atoms with Crippen molar-refractivity contribution in [3.63, 3.8) is 0 Å². The van der Waals surface area contributed by atoms with E-state index in [1.807, 2.05) is 6.07 Å². The van der Waals surface area contributed by atoms with Gasteiger partial charge in [0.15, 0.2) is 0 Å². The van der Waals surface area contributed by atoms with Crippen LogP contribution in [0.4, 0.5) is 0 Å². The van der Waals surface area contributed by atoms with E-state index in [9.17, 15) is 0 Å². The van der Waals surface area contributed by atoms with Crippen molar-refractivity contribution in [1.82, 2.24) is 5.32 Å². The van der Waals surface area contributed by atoms with Gasteiger partial charge in [-0.05, 0) is 30.5 Å². The molecule has 2 rings (SSSR count). The van der Waals surface area contributed by atoms with Crippen molar-refractivity contribution >= 4 is 0 Å². The number of rotatable bonds is 6. The van der Waals surface area contributed by atoms with E-state index >= 15 is 0 Å². The maximum Gasteiger partial charge on any atom is 0.0657 e. The van der Waals surface area contributed by atoms with Crippen molar-refractivity contribution in [3.05, 3.63) is 71.3 Å². The monoisotopic (exact) mass is 269 g/mol. The summed E-state index contributed by atoms with van der Waals surface area (Å²) in [6.07, 6.45) is 0. The maximum absolute atomic E-state index is 5.36. The lowest BCUT2D eigenvalue weighted by molar-refractivity contribution is 0.162. The SMILES string of the molecule is COCC(N[C@@H](C)c1ccccc1C)c1ccccc1. The second kappa shape index (κ2) is 7.22. The van der Waals surface area contributed by atoms with Crippen LogP contribution in [0.1, 0.15) is 35.7 Å². The molecule has 1 N–H and O–H groups in total. The Labute approximate surface area is 121 Å². The number of benzene rings is 2. The van der Waals surface area contributed by atoms with Crippen molar-refractivity contribution in [2.24, 2.45) is 0 Å². The van der Waals surface area contributed by atoms with Crippen LogP contribution in [0.2, 0.25) is 0 Å². The van der Waals surface area contributed by atoms with Gasteiger partial charge in [-0.2, -0.15) is 0 Å². The first kappa shape index (κ1) is 14.8. The Morgan fingerprint density at radius 1 is 1.00 bits per heavy atom. The summed E-state index contributed by atoms with van der Waals surface area (Å²) < 4.78 is 5.36. The van der Waals surface area contributed by atoms with Crippen molar-refractivity contribution in [2.45, 2.75) is 25.9 Å². The molecule has 20 heavy (non-hydrogen) atoms. The molecule has 0 bridgehead atoms. The van der Waals surface area contributed by atoms with Gasteiger partial charge in [0.1, 0.15) is 0 Å². The lowest BCUT2D eigenvalue weighted by Gasteiger charge is -2.24. The zero-order valence-electron chi connectivity index (χ0n) is 12.5. The van der Waals surface area contributed by atoms with Gasteiger partial charge in [-0.15, -0.1) is 0 Å². The quantitative estimate of drug-likeness (QED) is 0.854. The number of nitrogens with one attached hydrogen (secondary N) is 1. The van der Waals surface area contributed by atoms with E-state index in [-0.39, 0.29) is 12.1 Å². The highest BCUT2D eigenvalue weighted by atomic mass is 16.5. The molecular weight excluding hydrogens is 246 g/mol. The van der Waals surface area contributed by atoms with Gasteiger partial charge in [0.25, 0.3) is 0 Å². The third-order valence-electron chi connectivity index (χ3n) is 3.64. The van der Waals surface area contributed by atoms with Crippen molar-refractivity contribution in [3.8, 4) is 0 Å². The molecule has 2 aromatic rings. The molecule has 0 aliphatic rings. The average molecular weight is 269 g/mol. The smallest absolute Gasteiger partial charge is 0.0657 e. The Balaban J connectivity index is 2.14. The highest BCUT2D eigenvalue weighted by Crippen LogP contribution is 2.22. The zero-order chi connectivity index (χ0) is 14.4. The van der Waals surface area contributed by atoms with Gasteiger partial charge < -0.3 is 10.1 Å². The predicted octanol–water partition coefficient (Wildman–Crippen LogP) is 4.03. The molecule has 0 aliphatic carbocycles. The molecule has 2 aromatic carbocycles. The first-order valence-corrected chi connectivity index (χ1v) is 7.08. The molecule has 0 saturated heterocycles. The molecule has 2 atom stereocenters. The van der Waals surface area contributed by atoms with Crippen LogP contribution in [0.25, 0.3) is 0 Å². The molecule has 0 heterocycles. The molecule has 1 unspecified atom stereocenters. The summed E-state index contributed by atoms with van der Waals surface area (Å²) in [6.45, 7) is 5.02. The Bertz CT molecular complexity index is 524. The van der Waals surface area contributed by atoms with Crippen LogP contribution < -0.4 is 5.32 Å². The second-order valence-corrected chi connectivity index (χ2v) is 5.16. The van der Waals surface area contributed by atoms with Crippen molar-refractivity contribution < 1.29 is 4.74 Å². The van der Waals surface area contributed by atoms with Gasteiger partial charge in [-0.1, -0.05) is 54.6 Å². The Kier molecular flexibility index (Phi) is 5.33. The van der Waals surface area contributed by atoms with E-state index < -0.39 is 0 Å². The van der Waals surface area contributed by atoms with Gasteiger partial charge in [-0.25, -0.2) is 0 Å². The van der Waals surface area contributed by atoms with Crippen LogP contribution in [-0.4, -0.2) is 13.7 Å². The highest BCUT2D eigenvalue weighted by Gasteiger charge is 2.16. The van der Waals surface area contributed by atoms with Crippen LogP contribution in [-0.2, 0) is 4.74 Å². The molecule has 2 heteroatoms. The maximum atomic E-state index is 5.36. The third kappa shape index (κ3) is 3.69. The van der Waals surface area contributed by atoms with E-state index in [4.69, 9.17) is 4.74 Å². The summed E-state index contributed by atoms with van der Waals surface area (Å²) in [4.78, 5) is 0. The van der Waals surface area contributed by atoms with Crippen LogP contribution in [0, 0.1) is 6.92 Å². The Hall–Kier alpha value is -1.64. The molecule has 0 aliphatic heterocycles. The van der Waals surface area contributed by atoms with Crippen LogP contribution in [0.5, 0.6) is 0 Å². The van der Waals surface area contributed by atoms with Crippen molar-refractivity contribution in [2.75, 3.05) is 13.7 Å². The minimum Gasteiger partial charge on any atom is -0.383 e. The fourth-order valence-electron chi connectivity index (χ4n) is 2.56. The summed E-state index contributed by atoms with van der Waals surface area (Å²) in [5, 5.41) is 3.67. The highest BCUT2D eigenvalue weighted by molar-refractivity contribution is 5.29. The van der Waals surface area contributed by atoms with E-state index in [2.05, 4.69) is 67.7 Å². The largest absolute Gasteiger partial charge is 0.383 e. The molecule has 0 amide bonds. The average Bonchev–Trinajstić information content (AvgIpc) is 2.48. The normalized spacial score (nSPS) is 13.9. The van der Waals surface area contributed by atoms with E-state index in [0.717, 1.165) is 0 Å². The molecule has 2 nitrogen and oxygen atoms in total. The zero-order valence-corrected chi connectivity index (χ0v) is 12.5. The van der Waals surface area contributed by atoms with Gasteiger partial charge >= 0.3 is 0 Å². The predicted molar refractivity (Wildman–Crippen MR) is 83.8 cm³/mol. The molecule has 0 spiro atoms. The van der Waals surface area contributed by atoms with Gasteiger partial charge in [0, 0.05) is 13.2 Å². The topological polar surface area (TPSA) is 21.3 Å². The Morgan fingerprint density at radius 2 is 1.65 bits per heavy atom. The lowest BCUT2D eigenvalue weighted by Crippen LogP contribution is -2.28. The van der Waals surface area contributed by atoms with Crippen LogP contribution >= 0.6 is 0 Å². The second-order valence-electron chi connectivity index (χ2n) is 5.16. The summed E-state index contributed by atoms with van der Waals surface area (Å²) in [5.74, 6) is 0.